The van der Waals surface area contributed by atoms with Crippen LogP contribution in [-0.2, 0) is 16.1 Å². The van der Waals surface area contributed by atoms with Crippen molar-refractivity contribution in [2.45, 2.75) is 38.3 Å². The minimum absolute atomic E-state index is 0.199. The maximum atomic E-state index is 12.2. The molecule has 1 fully saturated rings. The third-order valence-corrected chi connectivity index (χ3v) is 3.72. The molecule has 1 aliphatic heterocycles. The monoisotopic (exact) mass is 277 g/mol. The molecule has 2 rings (SSSR count). The van der Waals surface area contributed by atoms with E-state index in [1.54, 1.807) is 7.11 Å². The van der Waals surface area contributed by atoms with Crippen LogP contribution in [0.2, 0.25) is 0 Å². The summed E-state index contributed by atoms with van der Waals surface area (Å²) in [6.45, 7) is 1.82. The first-order valence-corrected chi connectivity index (χ1v) is 7.27. The summed E-state index contributed by atoms with van der Waals surface area (Å²) in [7, 11) is 1.70. The van der Waals surface area contributed by atoms with Gasteiger partial charge in [-0.05, 0) is 31.2 Å². The number of amides is 1. The van der Waals surface area contributed by atoms with Gasteiger partial charge in [0.25, 0.3) is 0 Å². The molecule has 1 atom stereocenters. The number of rotatable bonds is 5. The number of carbonyl (C=O) groups is 1. The number of nitrogens with zero attached hydrogens (tertiary/aromatic N) is 1. The number of hydrogen-bond donors (Lipinski definition) is 0. The summed E-state index contributed by atoms with van der Waals surface area (Å²) in [6.07, 6.45) is 3.97. The molecule has 0 aliphatic carbocycles. The summed E-state index contributed by atoms with van der Waals surface area (Å²) in [4.78, 5) is 14.1. The second kappa shape index (κ2) is 7.90. The fraction of sp³-hybridized carbons (Fsp3) is 0.562. The number of methoxy groups -OCH3 is 1. The van der Waals surface area contributed by atoms with Crippen LogP contribution in [-0.4, -0.2) is 37.3 Å². The van der Waals surface area contributed by atoms with Crippen molar-refractivity contribution in [2.24, 2.45) is 0 Å². The first-order chi connectivity index (χ1) is 9.81. The molecule has 20 heavy (non-hydrogen) atoms. The van der Waals surface area contributed by atoms with Gasteiger partial charge in [-0.25, -0.2) is 4.79 Å². The summed E-state index contributed by atoms with van der Waals surface area (Å²) in [5, 5.41) is 0. The number of benzene rings is 1. The van der Waals surface area contributed by atoms with Crippen molar-refractivity contribution in [2.75, 3.05) is 20.3 Å². The molecule has 1 amide bonds. The minimum Gasteiger partial charge on any atom is -0.445 e. The molecule has 0 spiro atoms. The van der Waals surface area contributed by atoms with E-state index in [-0.39, 0.29) is 12.1 Å². The molecule has 0 N–H and O–H groups in total. The lowest BCUT2D eigenvalue weighted by Gasteiger charge is -2.34. The van der Waals surface area contributed by atoms with Crippen LogP contribution in [0, 0.1) is 0 Å². The molecule has 110 valence electrons. The summed E-state index contributed by atoms with van der Waals surface area (Å²) in [6, 6.07) is 10.0. The van der Waals surface area contributed by atoms with E-state index < -0.39 is 0 Å². The molecule has 1 aromatic rings. The van der Waals surface area contributed by atoms with Crippen LogP contribution in [0.15, 0.2) is 30.3 Å². The van der Waals surface area contributed by atoms with E-state index in [1.807, 2.05) is 35.2 Å². The Labute approximate surface area is 120 Å². The van der Waals surface area contributed by atoms with Gasteiger partial charge in [0.1, 0.15) is 6.61 Å². The normalized spacial score (nSPS) is 18.9. The zero-order chi connectivity index (χ0) is 14.2. The number of hydrogen-bond acceptors (Lipinski definition) is 3. The van der Waals surface area contributed by atoms with Crippen LogP contribution in [0.3, 0.4) is 0 Å². The zero-order valence-electron chi connectivity index (χ0n) is 12.1. The molecule has 0 bridgehead atoms. The lowest BCUT2D eigenvalue weighted by Crippen LogP contribution is -2.44. The van der Waals surface area contributed by atoms with Gasteiger partial charge in [0.15, 0.2) is 0 Å². The van der Waals surface area contributed by atoms with Gasteiger partial charge in [-0.15, -0.1) is 0 Å². The van der Waals surface area contributed by atoms with Crippen LogP contribution in [0.5, 0.6) is 0 Å². The largest absolute Gasteiger partial charge is 0.445 e. The van der Waals surface area contributed by atoms with E-state index in [1.165, 1.54) is 6.42 Å². The standard InChI is InChI=1S/C16H23NO3/c1-19-12-10-15-9-5-6-11-17(15)16(18)20-13-14-7-3-2-4-8-14/h2-4,7-8,15H,5-6,9-13H2,1H3. The van der Waals surface area contributed by atoms with Crippen LogP contribution >= 0.6 is 0 Å². The summed E-state index contributed by atoms with van der Waals surface area (Å²) in [5.74, 6) is 0. The first-order valence-electron chi connectivity index (χ1n) is 7.27. The van der Waals surface area contributed by atoms with Crippen LogP contribution in [0.25, 0.3) is 0 Å². The second-order valence-corrected chi connectivity index (χ2v) is 5.16. The van der Waals surface area contributed by atoms with Crippen molar-refractivity contribution in [3.8, 4) is 0 Å². The van der Waals surface area contributed by atoms with Gasteiger partial charge in [0, 0.05) is 26.3 Å². The highest BCUT2D eigenvalue weighted by Crippen LogP contribution is 2.21. The molecule has 1 heterocycles. The topological polar surface area (TPSA) is 38.8 Å². The van der Waals surface area contributed by atoms with E-state index in [0.29, 0.717) is 13.2 Å². The van der Waals surface area contributed by atoms with E-state index >= 15 is 0 Å². The fourth-order valence-corrected chi connectivity index (χ4v) is 2.60. The van der Waals surface area contributed by atoms with Gasteiger partial charge in [-0.1, -0.05) is 30.3 Å². The maximum absolute atomic E-state index is 12.2. The average Bonchev–Trinajstić information content (AvgIpc) is 2.52. The Kier molecular flexibility index (Phi) is 5.87. The summed E-state index contributed by atoms with van der Waals surface area (Å²) < 4.78 is 10.5. The van der Waals surface area contributed by atoms with Crippen molar-refractivity contribution in [1.82, 2.24) is 4.90 Å². The third kappa shape index (κ3) is 4.23. The molecule has 4 nitrogen and oxygen atoms in total. The molecule has 1 saturated heterocycles. The Bertz CT molecular complexity index is 407. The number of ether oxygens (including phenoxy) is 2. The predicted molar refractivity (Wildman–Crippen MR) is 77.5 cm³/mol. The molecule has 0 saturated carbocycles. The van der Waals surface area contributed by atoms with Crippen LogP contribution < -0.4 is 0 Å². The predicted octanol–water partition coefficient (Wildman–Crippen LogP) is 3.21. The van der Waals surface area contributed by atoms with E-state index in [4.69, 9.17) is 9.47 Å². The third-order valence-electron chi connectivity index (χ3n) is 3.72. The van der Waals surface area contributed by atoms with Crippen molar-refractivity contribution < 1.29 is 14.3 Å². The molecular weight excluding hydrogens is 254 g/mol. The molecule has 1 aliphatic rings. The average molecular weight is 277 g/mol. The zero-order valence-corrected chi connectivity index (χ0v) is 12.1. The number of piperidine rings is 1. The van der Waals surface area contributed by atoms with Crippen LogP contribution in [0.1, 0.15) is 31.2 Å². The Morgan fingerprint density at radius 1 is 1.30 bits per heavy atom. The smallest absolute Gasteiger partial charge is 0.410 e. The highest BCUT2D eigenvalue weighted by Gasteiger charge is 2.27. The van der Waals surface area contributed by atoms with Crippen molar-refractivity contribution >= 4 is 6.09 Å². The first kappa shape index (κ1) is 14.9. The molecular formula is C16H23NO3. The van der Waals surface area contributed by atoms with E-state index in [2.05, 4.69) is 0 Å². The highest BCUT2D eigenvalue weighted by molar-refractivity contribution is 5.68. The number of carbonyl (C=O) groups excluding carboxylic acids is 1. The van der Waals surface area contributed by atoms with Gasteiger partial charge < -0.3 is 14.4 Å². The SMILES string of the molecule is COCCC1CCCCN1C(=O)OCc1ccccc1. The Morgan fingerprint density at radius 3 is 2.85 bits per heavy atom. The van der Waals surface area contributed by atoms with Gasteiger partial charge in [0.05, 0.1) is 0 Å². The molecule has 0 aromatic heterocycles. The van der Waals surface area contributed by atoms with Crippen LogP contribution in [0.4, 0.5) is 4.79 Å². The summed E-state index contributed by atoms with van der Waals surface area (Å²) >= 11 is 0. The van der Waals surface area contributed by atoms with Crippen molar-refractivity contribution in [1.29, 1.82) is 0 Å². The fourth-order valence-electron chi connectivity index (χ4n) is 2.60. The lowest BCUT2D eigenvalue weighted by atomic mass is 10.0. The second-order valence-electron chi connectivity index (χ2n) is 5.16. The quantitative estimate of drug-likeness (QED) is 0.829. The Hall–Kier alpha value is -1.55. The minimum atomic E-state index is -0.199. The van der Waals surface area contributed by atoms with Crippen molar-refractivity contribution in [3.63, 3.8) is 0 Å². The Balaban J connectivity index is 1.85. The van der Waals surface area contributed by atoms with Gasteiger partial charge in [-0.2, -0.15) is 0 Å². The number of likely N-dealkylation sites (tertiary alicyclic amines) is 1. The lowest BCUT2D eigenvalue weighted by molar-refractivity contribution is 0.0576. The molecule has 0 radical (unpaired) electrons. The van der Waals surface area contributed by atoms with E-state index in [0.717, 1.165) is 31.4 Å². The maximum Gasteiger partial charge on any atom is 0.410 e. The van der Waals surface area contributed by atoms with Gasteiger partial charge in [-0.3, -0.25) is 0 Å². The van der Waals surface area contributed by atoms with Gasteiger partial charge in [0.2, 0.25) is 0 Å². The Morgan fingerprint density at radius 2 is 2.10 bits per heavy atom. The van der Waals surface area contributed by atoms with Crippen molar-refractivity contribution in [3.05, 3.63) is 35.9 Å². The summed E-state index contributed by atoms with van der Waals surface area (Å²) in [5.41, 5.74) is 1.02. The molecule has 1 aromatic carbocycles. The molecule has 4 heteroatoms. The highest BCUT2D eigenvalue weighted by atomic mass is 16.6. The van der Waals surface area contributed by atoms with E-state index in [9.17, 15) is 4.79 Å². The van der Waals surface area contributed by atoms with Gasteiger partial charge >= 0.3 is 6.09 Å². The molecule has 1 unspecified atom stereocenters.